The molecule has 0 saturated carbocycles. The first-order valence-corrected chi connectivity index (χ1v) is 10.1. The van der Waals surface area contributed by atoms with Crippen molar-refractivity contribution in [3.63, 3.8) is 0 Å². The number of hydrogen-bond acceptors (Lipinski definition) is 4. The van der Waals surface area contributed by atoms with E-state index in [0.29, 0.717) is 23.4 Å². The highest BCUT2D eigenvalue weighted by Gasteiger charge is 2.47. The molecule has 8 heteroatoms. The molecule has 3 amide bonds. The average molecular weight is 415 g/mol. The standard InChI is InChI=1S/C23H21N5O3/c1-13-18(14(2)26-25-13)11-24-20(29)12-27-21-15-7-3-4-8-16(15)23(31)28(21)19-10-6-5-9-17(19)22(27)30/h3-10,21H,11-12H2,1-2H3,(H,24,29)(H,25,26)/t21-/m1/s1. The lowest BCUT2D eigenvalue weighted by Gasteiger charge is -2.40. The summed E-state index contributed by atoms with van der Waals surface area (Å²) in [6.45, 7) is 3.92. The quantitative estimate of drug-likeness (QED) is 0.684. The number of para-hydroxylation sites is 1. The van der Waals surface area contributed by atoms with Gasteiger partial charge >= 0.3 is 0 Å². The van der Waals surface area contributed by atoms with E-state index in [9.17, 15) is 14.4 Å². The number of carbonyl (C=O) groups is 3. The number of amides is 3. The molecule has 2 N–H and O–H groups in total. The van der Waals surface area contributed by atoms with Gasteiger partial charge in [0, 0.05) is 28.9 Å². The highest BCUT2D eigenvalue weighted by Crippen LogP contribution is 2.44. The van der Waals surface area contributed by atoms with Crippen LogP contribution < -0.4 is 10.2 Å². The maximum atomic E-state index is 13.3. The molecule has 0 radical (unpaired) electrons. The van der Waals surface area contributed by atoms with Crippen molar-refractivity contribution in [1.82, 2.24) is 20.4 Å². The van der Waals surface area contributed by atoms with Crippen molar-refractivity contribution < 1.29 is 14.4 Å². The van der Waals surface area contributed by atoms with E-state index >= 15 is 0 Å². The van der Waals surface area contributed by atoms with Crippen LogP contribution >= 0.6 is 0 Å². The van der Waals surface area contributed by atoms with Crippen molar-refractivity contribution in [1.29, 1.82) is 0 Å². The minimum atomic E-state index is -0.644. The summed E-state index contributed by atoms with van der Waals surface area (Å²) in [6, 6.07) is 14.2. The number of hydrogen-bond donors (Lipinski definition) is 2. The third-order valence-electron chi connectivity index (χ3n) is 5.94. The highest BCUT2D eigenvalue weighted by atomic mass is 16.2. The molecule has 3 heterocycles. The van der Waals surface area contributed by atoms with Crippen molar-refractivity contribution in [2.75, 3.05) is 11.4 Å². The third kappa shape index (κ3) is 2.91. The fourth-order valence-electron chi connectivity index (χ4n) is 4.37. The molecular weight excluding hydrogens is 394 g/mol. The first kappa shape index (κ1) is 19.0. The smallest absolute Gasteiger partial charge is 0.260 e. The molecule has 3 aromatic rings. The molecule has 8 nitrogen and oxygen atoms in total. The van der Waals surface area contributed by atoms with Crippen LogP contribution in [0.2, 0.25) is 0 Å². The van der Waals surface area contributed by atoms with Gasteiger partial charge in [0.05, 0.1) is 16.9 Å². The molecular formula is C23H21N5O3. The first-order chi connectivity index (χ1) is 15.0. The molecule has 156 valence electrons. The predicted molar refractivity (Wildman–Crippen MR) is 113 cm³/mol. The van der Waals surface area contributed by atoms with Gasteiger partial charge in [0.15, 0.2) is 0 Å². The molecule has 2 aliphatic heterocycles. The molecule has 2 aromatic carbocycles. The molecule has 1 atom stereocenters. The molecule has 5 rings (SSSR count). The Morgan fingerprint density at radius 2 is 1.74 bits per heavy atom. The minimum absolute atomic E-state index is 0.161. The van der Waals surface area contributed by atoms with Gasteiger partial charge in [-0.3, -0.25) is 24.4 Å². The Kier molecular flexibility index (Phi) is 4.35. The Labute approximate surface area is 178 Å². The van der Waals surface area contributed by atoms with E-state index in [-0.39, 0.29) is 24.3 Å². The molecule has 0 bridgehead atoms. The van der Waals surface area contributed by atoms with Gasteiger partial charge in [-0.1, -0.05) is 30.3 Å². The monoisotopic (exact) mass is 415 g/mol. The zero-order valence-corrected chi connectivity index (χ0v) is 17.2. The topological polar surface area (TPSA) is 98.4 Å². The van der Waals surface area contributed by atoms with Crippen LogP contribution in [0.25, 0.3) is 0 Å². The summed E-state index contributed by atoms with van der Waals surface area (Å²) in [6.07, 6.45) is -0.644. The number of nitrogens with one attached hydrogen (secondary N) is 2. The fraction of sp³-hybridized carbons (Fsp3) is 0.217. The zero-order chi connectivity index (χ0) is 21.7. The van der Waals surface area contributed by atoms with Crippen molar-refractivity contribution in [2.24, 2.45) is 0 Å². The number of carbonyl (C=O) groups excluding carboxylic acids is 3. The average Bonchev–Trinajstić information content (AvgIpc) is 3.26. The van der Waals surface area contributed by atoms with E-state index in [1.807, 2.05) is 26.0 Å². The second kappa shape index (κ2) is 7.09. The second-order valence-electron chi connectivity index (χ2n) is 7.78. The van der Waals surface area contributed by atoms with Gasteiger partial charge in [-0.25, -0.2) is 0 Å². The van der Waals surface area contributed by atoms with Crippen LogP contribution in [0, 0.1) is 13.8 Å². The van der Waals surface area contributed by atoms with Crippen molar-refractivity contribution in [2.45, 2.75) is 26.6 Å². The largest absolute Gasteiger partial charge is 0.350 e. The van der Waals surface area contributed by atoms with Gasteiger partial charge in [-0.2, -0.15) is 5.10 Å². The predicted octanol–water partition coefficient (Wildman–Crippen LogP) is 2.46. The fourth-order valence-corrected chi connectivity index (χ4v) is 4.37. The lowest BCUT2D eigenvalue weighted by Crippen LogP contribution is -2.51. The van der Waals surface area contributed by atoms with Crippen molar-refractivity contribution >= 4 is 23.4 Å². The molecule has 1 aromatic heterocycles. The molecule has 0 unspecified atom stereocenters. The normalized spacial score (nSPS) is 16.8. The number of anilines is 1. The van der Waals surface area contributed by atoms with E-state index < -0.39 is 6.17 Å². The van der Waals surface area contributed by atoms with Crippen molar-refractivity contribution in [3.8, 4) is 0 Å². The number of rotatable bonds is 4. The Morgan fingerprint density at radius 3 is 2.48 bits per heavy atom. The lowest BCUT2D eigenvalue weighted by molar-refractivity contribution is -0.122. The van der Waals surface area contributed by atoms with E-state index in [1.165, 1.54) is 4.90 Å². The summed E-state index contributed by atoms with van der Waals surface area (Å²) in [4.78, 5) is 42.4. The lowest BCUT2D eigenvalue weighted by atomic mass is 10.0. The summed E-state index contributed by atoms with van der Waals surface area (Å²) in [5.74, 6) is -0.743. The number of H-pyrrole nitrogens is 1. The second-order valence-corrected chi connectivity index (χ2v) is 7.78. The Bertz CT molecular complexity index is 1210. The van der Waals surface area contributed by atoms with Crippen LogP contribution in [-0.4, -0.2) is 39.4 Å². The van der Waals surface area contributed by atoms with Crippen LogP contribution in [0.4, 0.5) is 5.69 Å². The highest BCUT2D eigenvalue weighted by molar-refractivity contribution is 6.17. The number of fused-ring (bicyclic) bond motifs is 5. The van der Waals surface area contributed by atoms with Crippen LogP contribution in [0.5, 0.6) is 0 Å². The molecule has 31 heavy (non-hydrogen) atoms. The van der Waals surface area contributed by atoms with Crippen molar-refractivity contribution in [3.05, 3.63) is 82.2 Å². The number of aryl methyl sites for hydroxylation is 2. The number of nitrogens with zero attached hydrogens (tertiary/aromatic N) is 3. The Balaban J connectivity index is 1.47. The van der Waals surface area contributed by atoms with Gasteiger partial charge in [0.1, 0.15) is 12.7 Å². The Morgan fingerprint density at radius 1 is 1.03 bits per heavy atom. The molecule has 0 saturated heterocycles. The SMILES string of the molecule is Cc1n[nH]c(C)c1CNC(=O)CN1C(=O)c2ccccc2N2C(=O)c3ccccc3[C@H]12. The van der Waals surface area contributed by atoms with E-state index in [2.05, 4.69) is 15.5 Å². The summed E-state index contributed by atoms with van der Waals surface area (Å²) in [5, 5.41) is 9.91. The summed E-state index contributed by atoms with van der Waals surface area (Å²) in [5.41, 5.74) is 4.89. The molecule has 0 aliphatic carbocycles. The van der Waals surface area contributed by atoms with Crippen LogP contribution in [0.15, 0.2) is 48.5 Å². The maximum absolute atomic E-state index is 13.3. The van der Waals surface area contributed by atoms with E-state index in [1.54, 1.807) is 41.3 Å². The summed E-state index contributed by atoms with van der Waals surface area (Å²) in [7, 11) is 0. The van der Waals surface area contributed by atoms with Crippen LogP contribution in [0.1, 0.15) is 49.4 Å². The summed E-state index contributed by atoms with van der Waals surface area (Å²) >= 11 is 0. The number of benzene rings is 2. The van der Waals surface area contributed by atoms with E-state index in [0.717, 1.165) is 22.5 Å². The van der Waals surface area contributed by atoms with E-state index in [4.69, 9.17) is 0 Å². The van der Waals surface area contributed by atoms with Gasteiger partial charge in [-0.05, 0) is 32.0 Å². The van der Waals surface area contributed by atoms with Gasteiger partial charge in [0.25, 0.3) is 11.8 Å². The van der Waals surface area contributed by atoms with Crippen LogP contribution in [-0.2, 0) is 11.3 Å². The molecule has 2 aliphatic rings. The summed E-state index contributed by atoms with van der Waals surface area (Å²) < 4.78 is 0. The third-order valence-corrected chi connectivity index (χ3v) is 5.94. The Hall–Kier alpha value is -3.94. The zero-order valence-electron chi connectivity index (χ0n) is 17.2. The maximum Gasteiger partial charge on any atom is 0.260 e. The van der Waals surface area contributed by atoms with Gasteiger partial charge in [0.2, 0.25) is 5.91 Å². The first-order valence-electron chi connectivity index (χ1n) is 10.1. The number of aromatic nitrogens is 2. The van der Waals surface area contributed by atoms with Gasteiger partial charge in [-0.15, -0.1) is 0 Å². The van der Waals surface area contributed by atoms with Gasteiger partial charge < -0.3 is 10.2 Å². The molecule has 0 fully saturated rings. The molecule has 0 spiro atoms. The minimum Gasteiger partial charge on any atom is -0.350 e. The number of aromatic amines is 1. The van der Waals surface area contributed by atoms with Crippen LogP contribution in [0.3, 0.4) is 0 Å².